The Morgan fingerprint density at radius 1 is 1.35 bits per heavy atom. The molecule has 1 aliphatic rings. The third-order valence-corrected chi connectivity index (χ3v) is 3.25. The van der Waals surface area contributed by atoms with E-state index in [0.717, 1.165) is 19.5 Å². The molecule has 0 spiro atoms. The van der Waals surface area contributed by atoms with Crippen LogP contribution in [0.5, 0.6) is 0 Å². The van der Waals surface area contributed by atoms with E-state index in [1.54, 1.807) is 4.90 Å². The highest BCUT2D eigenvalue weighted by Gasteiger charge is 2.24. The Morgan fingerprint density at radius 3 is 2.47 bits per heavy atom. The summed E-state index contributed by atoms with van der Waals surface area (Å²) in [6.45, 7) is 3.95. The molecule has 1 aliphatic heterocycles. The van der Waals surface area contributed by atoms with Gasteiger partial charge >= 0.3 is 0 Å². The molecule has 0 amide bonds. The van der Waals surface area contributed by atoms with Crippen LogP contribution in [0.4, 0.5) is 14.5 Å². The van der Waals surface area contributed by atoms with Crippen molar-refractivity contribution in [3.8, 4) is 0 Å². The lowest BCUT2D eigenvalue weighted by atomic mass is 10.1. The average molecular weight is 240 g/mol. The molecular formula is C13H18F2N2. The first-order valence-corrected chi connectivity index (χ1v) is 6.04. The van der Waals surface area contributed by atoms with Crippen molar-refractivity contribution in [3.63, 3.8) is 0 Å². The van der Waals surface area contributed by atoms with Crippen LogP contribution in [-0.2, 0) is 6.42 Å². The summed E-state index contributed by atoms with van der Waals surface area (Å²) in [7, 11) is 0. The second-order valence-corrected chi connectivity index (χ2v) is 4.79. The Morgan fingerprint density at radius 2 is 2.00 bits per heavy atom. The van der Waals surface area contributed by atoms with Crippen molar-refractivity contribution in [1.29, 1.82) is 0 Å². The number of nitrogens with zero attached hydrogens (tertiary/aromatic N) is 1. The second-order valence-electron chi connectivity index (χ2n) is 4.79. The number of halogens is 2. The van der Waals surface area contributed by atoms with Gasteiger partial charge in [0.1, 0.15) is 17.3 Å². The van der Waals surface area contributed by atoms with Gasteiger partial charge in [0.15, 0.2) is 0 Å². The summed E-state index contributed by atoms with van der Waals surface area (Å²) in [5.74, 6) is -0.442. The smallest absolute Gasteiger partial charge is 0.149 e. The maximum absolute atomic E-state index is 13.9. The normalized spacial score (nSPS) is 20.0. The van der Waals surface area contributed by atoms with Gasteiger partial charge < -0.3 is 10.6 Å². The van der Waals surface area contributed by atoms with E-state index in [1.807, 2.05) is 0 Å². The molecule has 1 fully saturated rings. The molecule has 1 heterocycles. The lowest BCUT2D eigenvalue weighted by molar-refractivity contribution is 0.572. The van der Waals surface area contributed by atoms with E-state index in [4.69, 9.17) is 5.73 Å². The van der Waals surface area contributed by atoms with E-state index < -0.39 is 11.6 Å². The van der Waals surface area contributed by atoms with Crippen molar-refractivity contribution in [2.45, 2.75) is 19.8 Å². The van der Waals surface area contributed by atoms with Crippen molar-refractivity contribution in [2.75, 3.05) is 24.5 Å². The van der Waals surface area contributed by atoms with Crippen molar-refractivity contribution in [2.24, 2.45) is 11.7 Å². The molecule has 1 unspecified atom stereocenters. The fourth-order valence-corrected chi connectivity index (χ4v) is 2.37. The van der Waals surface area contributed by atoms with E-state index in [2.05, 4.69) is 6.92 Å². The quantitative estimate of drug-likeness (QED) is 0.878. The predicted molar refractivity (Wildman–Crippen MR) is 65.1 cm³/mol. The number of nitrogens with two attached hydrogens (primary N) is 1. The number of hydrogen-bond donors (Lipinski definition) is 1. The Hall–Kier alpha value is -1.16. The molecule has 2 N–H and O–H groups in total. The molecule has 17 heavy (non-hydrogen) atoms. The zero-order chi connectivity index (χ0) is 12.4. The Bertz CT molecular complexity index is 383. The fraction of sp³-hybridized carbons (Fsp3) is 0.538. The van der Waals surface area contributed by atoms with Gasteiger partial charge in [0.05, 0.1) is 0 Å². The van der Waals surface area contributed by atoms with Crippen molar-refractivity contribution in [3.05, 3.63) is 29.3 Å². The highest BCUT2D eigenvalue weighted by atomic mass is 19.1. The zero-order valence-electron chi connectivity index (χ0n) is 10.0. The number of rotatable bonds is 3. The summed E-state index contributed by atoms with van der Waals surface area (Å²) < 4.78 is 27.8. The van der Waals surface area contributed by atoms with Crippen LogP contribution in [0.1, 0.15) is 18.9 Å². The molecule has 0 saturated carbocycles. The number of hydrogen-bond acceptors (Lipinski definition) is 2. The van der Waals surface area contributed by atoms with Crippen molar-refractivity contribution >= 4 is 5.69 Å². The summed E-state index contributed by atoms with van der Waals surface area (Å²) >= 11 is 0. The van der Waals surface area contributed by atoms with E-state index in [-0.39, 0.29) is 5.69 Å². The minimum atomic E-state index is -0.470. The van der Waals surface area contributed by atoms with Gasteiger partial charge in [-0.3, -0.25) is 0 Å². The average Bonchev–Trinajstić information content (AvgIpc) is 2.64. The molecule has 0 radical (unpaired) electrons. The topological polar surface area (TPSA) is 29.3 Å². The van der Waals surface area contributed by atoms with Crippen molar-refractivity contribution < 1.29 is 8.78 Å². The lowest BCUT2D eigenvalue weighted by Crippen LogP contribution is -2.22. The van der Waals surface area contributed by atoms with Gasteiger partial charge in [0.2, 0.25) is 0 Å². The van der Waals surface area contributed by atoms with Crippen LogP contribution in [0, 0.1) is 17.6 Å². The third kappa shape index (κ3) is 2.57. The molecule has 1 atom stereocenters. The second kappa shape index (κ2) is 5.00. The third-order valence-electron chi connectivity index (χ3n) is 3.25. The van der Waals surface area contributed by atoms with Gasteiger partial charge in [0.25, 0.3) is 0 Å². The van der Waals surface area contributed by atoms with E-state index >= 15 is 0 Å². The molecule has 0 aromatic heterocycles. The lowest BCUT2D eigenvalue weighted by Gasteiger charge is -2.20. The molecule has 0 aliphatic carbocycles. The van der Waals surface area contributed by atoms with Crippen LogP contribution in [0.2, 0.25) is 0 Å². The molecule has 2 nitrogen and oxygen atoms in total. The predicted octanol–water partition coefficient (Wildman–Crippen LogP) is 2.31. The monoisotopic (exact) mass is 240 g/mol. The highest BCUT2D eigenvalue weighted by Crippen LogP contribution is 2.29. The maximum Gasteiger partial charge on any atom is 0.149 e. The van der Waals surface area contributed by atoms with E-state index in [1.165, 1.54) is 12.1 Å². The summed E-state index contributed by atoms with van der Waals surface area (Å²) in [5.41, 5.74) is 6.13. The molecule has 1 saturated heterocycles. The molecule has 1 aromatic rings. The minimum Gasteiger partial charge on any atom is -0.367 e. The number of anilines is 1. The first-order valence-electron chi connectivity index (χ1n) is 6.04. The van der Waals surface area contributed by atoms with E-state index in [9.17, 15) is 8.78 Å². The molecular weight excluding hydrogens is 222 g/mol. The molecule has 94 valence electrons. The summed E-state index contributed by atoms with van der Waals surface area (Å²) in [6, 6.07) is 2.79. The Kier molecular flexibility index (Phi) is 3.62. The Labute approximate surface area is 100 Å². The molecule has 0 bridgehead atoms. The molecule has 4 heteroatoms. The first-order chi connectivity index (χ1) is 8.11. The van der Waals surface area contributed by atoms with Gasteiger partial charge in [-0.05, 0) is 43.0 Å². The van der Waals surface area contributed by atoms with Gasteiger partial charge in [-0.25, -0.2) is 8.78 Å². The van der Waals surface area contributed by atoms with Crippen LogP contribution in [-0.4, -0.2) is 19.6 Å². The van der Waals surface area contributed by atoms with Gasteiger partial charge in [-0.2, -0.15) is 0 Å². The van der Waals surface area contributed by atoms with Gasteiger partial charge in [0, 0.05) is 13.1 Å². The van der Waals surface area contributed by atoms with E-state index in [0.29, 0.717) is 24.4 Å². The summed E-state index contributed by atoms with van der Waals surface area (Å²) in [4.78, 5) is 1.79. The van der Waals surface area contributed by atoms with Gasteiger partial charge in [-0.1, -0.05) is 6.92 Å². The highest BCUT2D eigenvalue weighted by molar-refractivity contribution is 5.51. The van der Waals surface area contributed by atoms with Gasteiger partial charge in [-0.15, -0.1) is 0 Å². The molecule has 1 aromatic carbocycles. The summed E-state index contributed by atoms with van der Waals surface area (Å²) in [5, 5.41) is 0. The van der Waals surface area contributed by atoms with Crippen LogP contribution in [0.15, 0.2) is 12.1 Å². The number of benzene rings is 1. The standard InChI is InChI=1S/C13H18F2N2/c1-9-3-5-17(8-9)13-11(14)6-10(2-4-16)7-12(13)15/h6-7,9H,2-5,8,16H2,1H3. The molecule has 2 rings (SSSR count). The van der Waals surface area contributed by atoms with Crippen LogP contribution >= 0.6 is 0 Å². The van der Waals surface area contributed by atoms with Crippen molar-refractivity contribution in [1.82, 2.24) is 0 Å². The Balaban J connectivity index is 2.28. The first kappa shape index (κ1) is 12.3. The van der Waals surface area contributed by atoms with Crippen LogP contribution in [0.3, 0.4) is 0 Å². The van der Waals surface area contributed by atoms with Crippen LogP contribution in [0.25, 0.3) is 0 Å². The van der Waals surface area contributed by atoms with Crippen LogP contribution < -0.4 is 10.6 Å². The fourth-order valence-electron chi connectivity index (χ4n) is 2.37. The minimum absolute atomic E-state index is 0.120. The maximum atomic E-state index is 13.9. The largest absolute Gasteiger partial charge is 0.367 e. The SMILES string of the molecule is CC1CCN(c2c(F)cc(CCN)cc2F)C1. The summed E-state index contributed by atoms with van der Waals surface area (Å²) in [6.07, 6.45) is 1.49. The zero-order valence-corrected chi connectivity index (χ0v) is 10.0.